The summed E-state index contributed by atoms with van der Waals surface area (Å²) < 4.78 is 11.0. The highest BCUT2D eigenvalue weighted by atomic mass is 35.5. The molecule has 0 saturated heterocycles. The summed E-state index contributed by atoms with van der Waals surface area (Å²) in [7, 11) is 0. The van der Waals surface area contributed by atoms with Gasteiger partial charge in [0.2, 0.25) is 0 Å². The first-order valence-electron chi connectivity index (χ1n) is 10.1. The fourth-order valence-electron chi connectivity index (χ4n) is 3.19. The SMILES string of the molecule is CCOC(=O)C1=C(C)NC(=S)N[C@@H]1c1ccccc1OCC(=O)NN=Cc1ccccc1Cl. The highest BCUT2D eigenvalue weighted by Gasteiger charge is 2.32. The summed E-state index contributed by atoms with van der Waals surface area (Å²) in [6.45, 7) is 3.44. The summed E-state index contributed by atoms with van der Waals surface area (Å²) >= 11 is 11.3. The van der Waals surface area contributed by atoms with Crippen LogP contribution in [0.3, 0.4) is 0 Å². The van der Waals surface area contributed by atoms with E-state index in [-0.39, 0.29) is 13.2 Å². The number of nitrogens with zero attached hydrogens (tertiary/aromatic N) is 1. The van der Waals surface area contributed by atoms with Crippen LogP contribution in [-0.2, 0) is 14.3 Å². The summed E-state index contributed by atoms with van der Waals surface area (Å²) in [5, 5.41) is 10.8. The van der Waals surface area contributed by atoms with E-state index < -0.39 is 17.9 Å². The summed E-state index contributed by atoms with van der Waals surface area (Å²) in [6, 6.07) is 13.6. The largest absolute Gasteiger partial charge is 0.483 e. The number of para-hydroxylation sites is 1. The van der Waals surface area contributed by atoms with Crippen LogP contribution in [-0.4, -0.2) is 36.4 Å². The van der Waals surface area contributed by atoms with Crippen molar-refractivity contribution in [1.82, 2.24) is 16.1 Å². The van der Waals surface area contributed by atoms with Gasteiger partial charge in [-0.15, -0.1) is 0 Å². The second kappa shape index (κ2) is 11.4. The molecule has 0 saturated carbocycles. The van der Waals surface area contributed by atoms with Crippen molar-refractivity contribution in [3.63, 3.8) is 0 Å². The molecule has 2 aromatic rings. The van der Waals surface area contributed by atoms with E-state index in [4.69, 9.17) is 33.3 Å². The van der Waals surface area contributed by atoms with E-state index in [1.807, 2.05) is 6.07 Å². The van der Waals surface area contributed by atoms with Gasteiger partial charge in [0.25, 0.3) is 5.91 Å². The van der Waals surface area contributed by atoms with Crippen molar-refractivity contribution in [2.24, 2.45) is 5.10 Å². The molecule has 0 aliphatic carbocycles. The molecule has 1 amide bonds. The predicted molar refractivity (Wildman–Crippen MR) is 130 cm³/mol. The topological polar surface area (TPSA) is 101 Å². The number of nitrogens with one attached hydrogen (secondary N) is 3. The lowest BCUT2D eigenvalue weighted by atomic mass is 9.95. The van der Waals surface area contributed by atoms with Crippen LogP contribution in [0.4, 0.5) is 0 Å². The number of ether oxygens (including phenoxy) is 2. The van der Waals surface area contributed by atoms with Gasteiger partial charge in [0.15, 0.2) is 11.7 Å². The molecular formula is C23H23ClN4O4S. The molecule has 0 radical (unpaired) electrons. The van der Waals surface area contributed by atoms with E-state index in [0.717, 1.165) is 0 Å². The molecule has 1 atom stereocenters. The van der Waals surface area contributed by atoms with Crippen molar-refractivity contribution in [3.05, 3.63) is 76.0 Å². The van der Waals surface area contributed by atoms with E-state index in [9.17, 15) is 9.59 Å². The highest BCUT2D eigenvalue weighted by molar-refractivity contribution is 7.80. The monoisotopic (exact) mass is 486 g/mol. The Labute approximate surface area is 202 Å². The first kappa shape index (κ1) is 24.2. The molecule has 0 spiro atoms. The van der Waals surface area contributed by atoms with Crippen LogP contribution in [0.5, 0.6) is 5.75 Å². The lowest BCUT2D eigenvalue weighted by Crippen LogP contribution is -2.45. The third-order valence-electron chi connectivity index (χ3n) is 4.65. The van der Waals surface area contributed by atoms with Gasteiger partial charge in [-0.05, 0) is 38.2 Å². The Balaban J connectivity index is 1.73. The first-order chi connectivity index (χ1) is 15.9. The van der Waals surface area contributed by atoms with Crippen LogP contribution in [0.15, 0.2) is 64.9 Å². The first-order valence-corrected chi connectivity index (χ1v) is 10.9. The van der Waals surface area contributed by atoms with Gasteiger partial charge >= 0.3 is 5.97 Å². The second-order valence-electron chi connectivity index (χ2n) is 6.93. The van der Waals surface area contributed by atoms with Gasteiger partial charge in [-0.2, -0.15) is 5.10 Å². The van der Waals surface area contributed by atoms with Gasteiger partial charge in [0.1, 0.15) is 5.75 Å². The number of benzene rings is 2. The summed E-state index contributed by atoms with van der Waals surface area (Å²) in [6.07, 6.45) is 1.45. The summed E-state index contributed by atoms with van der Waals surface area (Å²) in [4.78, 5) is 24.8. The fraction of sp³-hybridized carbons (Fsp3) is 0.217. The average Bonchev–Trinajstić information content (AvgIpc) is 2.78. The van der Waals surface area contributed by atoms with E-state index in [1.54, 1.807) is 56.3 Å². The predicted octanol–water partition coefficient (Wildman–Crippen LogP) is 3.23. The van der Waals surface area contributed by atoms with Crippen LogP contribution in [0, 0.1) is 0 Å². The number of hydrogen-bond acceptors (Lipinski definition) is 6. The zero-order valence-electron chi connectivity index (χ0n) is 18.1. The fourth-order valence-corrected chi connectivity index (χ4v) is 3.64. The molecule has 3 N–H and O–H groups in total. The Morgan fingerprint density at radius 3 is 2.70 bits per heavy atom. The minimum atomic E-state index is -0.602. The molecule has 0 bridgehead atoms. The number of esters is 1. The number of hydrazone groups is 1. The number of rotatable bonds is 8. The van der Waals surface area contributed by atoms with E-state index in [1.165, 1.54) is 6.21 Å². The molecule has 172 valence electrons. The van der Waals surface area contributed by atoms with Crippen molar-refractivity contribution >= 4 is 47.0 Å². The molecule has 3 rings (SSSR count). The smallest absolute Gasteiger partial charge is 0.338 e. The maximum atomic E-state index is 12.6. The van der Waals surface area contributed by atoms with E-state index in [2.05, 4.69) is 21.2 Å². The lowest BCUT2D eigenvalue weighted by Gasteiger charge is -2.30. The maximum absolute atomic E-state index is 12.6. The Hall–Kier alpha value is -3.43. The van der Waals surface area contributed by atoms with Crippen molar-refractivity contribution < 1.29 is 19.1 Å². The molecule has 1 heterocycles. The van der Waals surface area contributed by atoms with Crippen LogP contribution in [0.1, 0.15) is 31.0 Å². The number of hydrogen-bond donors (Lipinski definition) is 3. The second-order valence-corrected chi connectivity index (χ2v) is 7.75. The molecule has 0 fully saturated rings. The van der Waals surface area contributed by atoms with Crippen LogP contribution < -0.4 is 20.8 Å². The van der Waals surface area contributed by atoms with Gasteiger partial charge in [0, 0.05) is 21.8 Å². The van der Waals surface area contributed by atoms with Crippen molar-refractivity contribution in [3.8, 4) is 5.75 Å². The van der Waals surface area contributed by atoms with Gasteiger partial charge in [-0.25, -0.2) is 10.2 Å². The number of halogens is 1. The minimum absolute atomic E-state index is 0.236. The van der Waals surface area contributed by atoms with E-state index >= 15 is 0 Å². The van der Waals surface area contributed by atoms with E-state index in [0.29, 0.717) is 38.3 Å². The molecule has 2 aromatic carbocycles. The zero-order valence-corrected chi connectivity index (χ0v) is 19.6. The van der Waals surface area contributed by atoms with Crippen LogP contribution in [0.2, 0.25) is 5.02 Å². The Kier molecular flexibility index (Phi) is 8.39. The highest BCUT2D eigenvalue weighted by Crippen LogP contribution is 2.33. The number of carbonyl (C=O) groups is 2. The molecule has 1 aliphatic heterocycles. The number of thiocarbonyl (C=S) groups is 1. The Morgan fingerprint density at radius 2 is 1.94 bits per heavy atom. The Bertz CT molecular complexity index is 1120. The third kappa shape index (κ3) is 6.30. The summed E-state index contributed by atoms with van der Waals surface area (Å²) in [5.74, 6) is -0.511. The lowest BCUT2D eigenvalue weighted by molar-refractivity contribution is -0.139. The Morgan fingerprint density at radius 1 is 1.21 bits per heavy atom. The molecule has 33 heavy (non-hydrogen) atoms. The normalized spacial score (nSPS) is 15.6. The van der Waals surface area contributed by atoms with Crippen molar-refractivity contribution in [2.45, 2.75) is 19.9 Å². The average molecular weight is 487 g/mol. The van der Waals surface area contributed by atoms with Crippen molar-refractivity contribution in [1.29, 1.82) is 0 Å². The van der Waals surface area contributed by atoms with Gasteiger partial charge in [-0.3, -0.25) is 4.79 Å². The molecule has 0 aromatic heterocycles. The molecule has 0 unspecified atom stereocenters. The van der Waals surface area contributed by atoms with Gasteiger partial charge in [-0.1, -0.05) is 48.0 Å². The van der Waals surface area contributed by atoms with Gasteiger partial charge < -0.3 is 20.1 Å². The number of carbonyl (C=O) groups excluding carboxylic acids is 2. The molecular weight excluding hydrogens is 464 g/mol. The van der Waals surface area contributed by atoms with Crippen molar-refractivity contribution in [2.75, 3.05) is 13.2 Å². The summed E-state index contributed by atoms with van der Waals surface area (Å²) in [5.41, 5.74) is 4.68. The third-order valence-corrected chi connectivity index (χ3v) is 5.22. The minimum Gasteiger partial charge on any atom is -0.483 e. The number of allylic oxidation sites excluding steroid dienone is 1. The van der Waals surface area contributed by atoms with Crippen LogP contribution >= 0.6 is 23.8 Å². The van der Waals surface area contributed by atoms with Gasteiger partial charge in [0.05, 0.1) is 24.4 Å². The molecule has 10 heteroatoms. The maximum Gasteiger partial charge on any atom is 0.338 e. The zero-order chi connectivity index (χ0) is 23.8. The number of amides is 1. The molecule has 1 aliphatic rings. The standard InChI is InChI=1S/C23H23ClN4O4S/c1-3-31-22(30)20-14(2)26-23(33)27-21(20)16-9-5-7-11-18(16)32-13-19(29)28-25-12-15-8-4-6-10-17(15)24/h4-12,21H,3,13H2,1-2H3,(H,28,29)(H2,26,27,33)/t21-/m1/s1. The quantitative estimate of drug-likeness (QED) is 0.228. The molecule has 8 nitrogen and oxygen atoms in total. The van der Waals surface area contributed by atoms with Crippen LogP contribution in [0.25, 0.3) is 0 Å².